The Morgan fingerprint density at radius 2 is 1.74 bits per heavy atom. The van der Waals surface area contributed by atoms with Gasteiger partial charge in [-0.05, 0) is 54.9 Å². The van der Waals surface area contributed by atoms with E-state index in [-0.39, 0.29) is 6.03 Å². The van der Waals surface area contributed by atoms with Crippen molar-refractivity contribution >= 4 is 6.03 Å². The Morgan fingerprint density at radius 1 is 0.971 bits per heavy atom. The predicted molar refractivity (Wildman–Crippen MR) is 133 cm³/mol. The molecule has 2 bridgehead atoms. The summed E-state index contributed by atoms with van der Waals surface area (Å²) in [6, 6.07) is 12.8. The number of aliphatic hydroxyl groups excluding tert-OH is 1. The number of benzene rings is 1. The summed E-state index contributed by atoms with van der Waals surface area (Å²) in [5.41, 5.74) is 4.97. The Bertz CT molecular complexity index is 1030. The second-order valence-electron chi connectivity index (χ2n) is 10.8. The maximum Gasteiger partial charge on any atom is 0.320 e. The molecule has 1 N–H and O–H groups in total. The van der Waals surface area contributed by atoms with E-state index in [1.807, 2.05) is 11.1 Å². The topological polar surface area (TPSA) is 69.1 Å². The molecule has 0 aliphatic carbocycles. The van der Waals surface area contributed by atoms with Gasteiger partial charge in [0, 0.05) is 63.6 Å². The number of pyridine rings is 1. The minimum atomic E-state index is -0.542. The quantitative estimate of drug-likeness (QED) is 0.665. The van der Waals surface area contributed by atoms with Gasteiger partial charge in [0.05, 0.1) is 18.3 Å². The average molecular weight is 477 g/mol. The molecule has 7 heteroatoms. The predicted octanol–water partition coefficient (Wildman–Crippen LogP) is 3.16. The molecule has 0 saturated carbocycles. The third kappa shape index (κ3) is 5.08. The minimum absolute atomic E-state index is 0.0121. The number of hydrogen-bond acceptors (Lipinski definition) is 5. The van der Waals surface area contributed by atoms with Crippen molar-refractivity contribution in [1.82, 2.24) is 19.7 Å². The van der Waals surface area contributed by atoms with E-state index < -0.39 is 6.10 Å². The van der Waals surface area contributed by atoms with Gasteiger partial charge < -0.3 is 19.6 Å². The number of carbonyl (C=O) groups excluding carboxylic acids is 1. The van der Waals surface area contributed by atoms with E-state index in [9.17, 15) is 9.90 Å². The number of urea groups is 1. The minimum Gasteiger partial charge on any atom is -0.390 e. The number of amides is 2. The summed E-state index contributed by atoms with van der Waals surface area (Å²) in [6.07, 6.45) is 7.77. The van der Waals surface area contributed by atoms with Gasteiger partial charge in [0.15, 0.2) is 0 Å². The molecule has 186 valence electrons. The number of fused-ring (bicyclic) bond motifs is 3. The highest BCUT2D eigenvalue weighted by Gasteiger charge is 2.36. The molecule has 0 radical (unpaired) electrons. The van der Waals surface area contributed by atoms with Gasteiger partial charge in [0.2, 0.25) is 0 Å². The lowest BCUT2D eigenvalue weighted by atomic mass is 9.92. The van der Waals surface area contributed by atoms with E-state index in [4.69, 9.17) is 9.72 Å². The third-order valence-corrected chi connectivity index (χ3v) is 8.22. The van der Waals surface area contributed by atoms with Crippen LogP contribution < -0.4 is 0 Å². The zero-order valence-corrected chi connectivity index (χ0v) is 20.4. The van der Waals surface area contributed by atoms with Crippen molar-refractivity contribution in [3.05, 3.63) is 65.0 Å². The van der Waals surface area contributed by atoms with Crippen molar-refractivity contribution in [2.75, 3.05) is 32.7 Å². The van der Waals surface area contributed by atoms with Gasteiger partial charge in [-0.25, -0.2) is 4.79 Å². The van der Waals surface area contributed by atoms with E-state index in [1.165, 1.54) is 24.0 Å². The van der Waals surface area contributed by atoms with Crippen molar-refractivity contribution in [3.8, 4) is 0 Å². The van der Waals surface area contributed by atoms with Crippen LogP contribution in [0.4, 0.5) is 4.79 Å². The summed E-state index contributed by atoms with van der Waals surface area (Å²) in [6.45, 7) is 4.72. The lowest BCUT2D eigenvalue weighted by Gasteiger charge is -2.31. The molecule has 35 heavy (non-hydrogen) atoms. The molecule has 3 atom stereocenters. The molecule has 4 aliphatic heterocycles. The van der Waals surface area contributed by atoms with E-state index in [0.717, 1.165) is 43.6 Å². The highest BCUT2D eigenvalue weighted by molar-refractivity contribution is 5.76. The van der Waals surface area contributed by atoms with Crippen LogP contribution in [0.25, 0.3) is 0 Å². The highest BCUT2D eigenvalue weighted by Crippen LogP contribution is 2.40. The second-order valence-corrected chi connectivity index (χ2v) is 10.8. The number of aromatic nitrogens is 1. The van der Waals surface area contributed by atoms with Gasteiger partial charge in [0.25, 0.3) is 0 Å². The zero-order chi connectivity index (χ0) is 23.8. The first kappa shape index (κ1) is 23.0. The fourth-order valence-corrected chi connectivity index (χ4v) is 6.36. The van der Waals surface area contributed by atoms with E-state index in [2.05, 4.69) is 41.3 Å². The molecular weight excluding hydrogens is 440 g/mol. The Labute approximate surface area is 207 Å². The summed E-state index contributed by atoms with van der Waals surface area (Å²) < 4.78 is 5.97. The standard InChI is InChI=1S/C28H36N4O3/c33-24(18-30-10-9-21-3-1-2-4-22(21)17-30)19-32-12-11-31(28(32)34)16-20-5-8-27(29-15-20)23-13-25-6-7-26(14-23)35-25/h1-5,8,15,23-26,33H,6-7,9-14,16-19H2. The SMILES string of the molecule is O=C1N(Cc2ccc(C3CC4CCC(C3)O4)nc2)CCN1CC(O)CN1CCc2ccccc2C1. The Morgan fingerprint density at radius 3 is 2.51 bits per heavy atom. The summed E-state index contributed by atoms with van der Waals surface area (Å²) in [5, 5.41) is 10.7. The monoisotopic (exact) mass is 476 g/mol. The summed E-state index contributed by atoms with van der Waals surface area (Å²) in [5.74, 6) is 0.495. The smallest absolute Gasteiger partial charge is 0.320 e. The van der Waals surface area contributed by atoms with E-state index in [0.29, 0.717) is 50.8 Å². The van der Waals surface area contributed by atoms with Crippen LogP contribution in [-0.2, 0) is 24.2 Å². The summed E-state index contributed by atoms with van der Waals surface area (Å²) in [7, 11) is 0. The fraction of sp³-hybridized carbons (Fsp3) is 0.571. The van der Waals surface area contributed by atoms with Gasteiger partial charge in [-0.2, -0.15) is 0 Å². The molecule has 3 unspecified atom stereocenters. The number of β-amino-alcohol motifs (C(OH)–C–C–N with tert-alkyl or cyclic N) is 1. The van der Waals surface area contributed by atoms with Gasteiger partial charge in [-0.3, -0.25) is 9.88 Å². The Balaban J connectivity index is 0.987. The molecular formula is C28H36N4O3. The fourth-order valence-electron chi connectivity index (χ4n) is 6.36. The van der Waals surface area contributed by atoms with E-state index >= 15 is 0 Å². The summed E-state index contributed by atoms with van der Waals surface area (Å²) >= 11 is 0. The first-order valence-corrected chi connectivity index (χ1v) is 13.2. The maximum atomic E-state index is 13.0. The number of ether oxygens (including phenoxy) is 1. The lowest BCUT2D eigenvalue weighted by molar-refractivity contribution is -0.00441. The largest absolute Gasteiger partial charge is 0.390 e. The van der Waals surface area contributed by atoms with Gasteiger partial charge in [-0.1, -0.05) is 30.3 Å². The van der Waals surface area contributed by atoms with Crippen molar-refractivity contribution in [1.29, 1.82) is 0 Å². The van der Waals surface area contributed by atoms with Gasteiger partial charge >= 0.3 is 6.03 Å². The van der Waals surface area contributed by atoms with Crippen LogP contribution in [0.15, 0.2) is 42.6 Å². The molecule has 6 rings (SSSR count). The van der Waals surface area contributed by atoms with Crippen LogP contribution in [0, 0.1) is 0 Å². The van der Waals surface area contributed by atoms with Crippen LogP contribution in [0.2, 0.25) is 0 Å². The number of nitrogens with zero attached hydrogens (tertiary/aromatic N) is 4. The number of rotatable bonds is 7. The van der Waals surface area contributed by atoms with Gasteiger partial charge in [0.1, 0.15) is 0 Å². The van der Waals surface area contributed by atoms with Crippen LogP contribution >= 0.6 is 0 Å². The molecule has 0 spiro atoms. The van der Waals surface area contributed by atoms with Crippen molar-refractivity contribution in [2.45, 2.75) is 69.4 Å². The first-order chi connectivity index (χ1) is 17.1. The molecule has 7 nitrogen and oxygen atoms in total. The normalized spacial score (nSPS) is 27.3. The molecule has 5 heterocycles. The lowest BCUT2D eigenvalue weighted by Crippen LogP contribution is -2.43. The van der Waals surface area contributed by atoms with Gasteiger partial charge in [-0.15, -0.1) is 0 Å². The molecule has 3 saturated heterocycles. The maximum absolute atomic E-state index is 13.0. The Hall–Kier alpha value is -2.48. The van der Waals surface area contributed by atoms with Crippen molar-refractivity contribution in [2.24, 2.45) is 0 Å². The van der Waals surface area contributed by atoms with Crippen LogP contribution in [0.1, 0.15) is 54.0 Å². The molecule has 1 aromatic heterocycles. The summed E-state index contributed by atoms with van der Waals surface area (Å²) in [4.78, 5) is 23.7. The number of carbonyl (C=O) groups is 1. The highest BCUT2D eigenvalue weighted by atomic mass is 16.5. The first-order valence-electron chi connectivity index (χ1n) is 13.2. The molecule has 2 amide bonds. The van der Waals surface area contributed by atoms with Crippen LogP contribution in [0.5, 0.6) is 0 Å². The zero-order valence-electron chi connectivity index (χ0n) is 20.4. The molecule has 1 aromatic carbocycles. The van der Waals surface area contributed by atoms with Crippen LogP contribution in [0.3, 0.4) is 0 Å². The second kappa shape index (κ2) is 9.88. The molecule has 3 fully saturated rings. The van der Waals surface area contributed by atoms with E-state index in [1.54, 1.807) is 4.90 Å². The molecule has 4 aliphatic rings. The van der Waals surface area contributed by atoms with Crippen LogP contribution in [-0.4, -0.2) is 81.9 Å². The Kier molecular flexibility index (Phi) is 6.48. The number of hydrogen-bond donors (Lipinski definition) is 1. The number of aliphatic hydroxyl groups is 1. The third-order valence-electron chi connectivity index (χ3n) is 8.22. The molecule has 2 aromatic rings. The van der Waals surface area contributed by atoms with Crippen molar-refractivity contribution < 1.29 is 14.6 Å². The van der Waals surface area contributed by atoms with Crippen molar-refractivity contribution in [3.63, 3.8) is 0 Å². The average Bonchev–Trinajstić information content (AvgIpc) is 3.39.